The number of carbonyl (C=O) groups is 1. The standard InChI is InChI=1S/C16H33N3O2/c1-5-17-16(18-12-8-6-10-14(2)3)19-13-9-7-11-15(20)21-4/h14H,5-13H2,1-4H3,(H2,17,18,19). The van der Waals surface area contributed by atoms with Crippen molar-refractivity contribution in [2.75, 3.05) is 26.7 Å². The highest BCUT2D eigenvalue weighted by Gasteiger charge is 2.00. The minimum atomic E-state index is -0.138. The van der Waals surface area contributed by atoms with Crippen LogP contribution in [0.15, 0.2) is 4.99 Å². The Morgan fingerprint density at radius 2 is 1.90 bits per heavy atom. The maximum atomic E-state index is 11.0. The number of hydrogen-bond donors (Lipinski definition) is 2. The van der Waals surface area contributed by atoms with Gasteiger partial charge in [0.1, 0.15) is 0 Å². The van der Waals surface area contributed by atoms with Crippen LogP contribution in [0.1, 0.15) is 59.3 Å². The molecule has 5 heteroatoms. The zero-order chi connectivity index (χ0) is 15.9. The first kappa shape index (κ1) is 19.7. The fraction of sp³-hybridized carbons (Fsp3) is 0.875. The van der Waals surface area contributed by atoms with Gasteiger partial charge in [0.2, 0.25) is 0 Å². The van der Waals surface area contributed by atoms with Crippen LogP contribution in [0.3, 0.4) is 0 Å². The lowest BCUT2D eigenvalue weighted by Crippen LogP contribution is -2.37. The number of aliphatic imine (C=N–C) groups is 1. The van der Waals surface area contributed by atoms with Crippen LogP contribution >= 0.6 is 0 Å². The van der Waals surface area contributed by atoms with Crippen molar-refractivity contribution in [2.24, 2.45) is 10.9 Å². The van der Waals surface area contributed by atoms with E-state index in [0.29, 0.717) is 6.42 Å². The van der Waals surface area contributed by atoms with Crippen LogP contribution < -0.4 is 10.6 Å². The molecule has 0 radical (unpaired) electrons. The van der Waals surface area contributed by atoms with Crippen molar-refractivity contribution in [2.45, 2.75) is 59.3 Å². The molecule has 0 aliphatic rings. The van der Waals surface area contributed by atoms with Crippen LogP contribution in [0, 0.1) is 5.92 Å². The summed E-state index contributed by atoms with van der Waals surface area (Å²) in [6, 6.07) is 0. The van der Waals surface area contributed by atoms with Gasteiger partial charge in [-0.15, -0.1) is 0 Å². The van der Waals surface area contributed by atoms with Crippen molar-refractivity contribution in [3.63, 3.8) is 0 Å². The topological polar surface area (TPSA) is 62.7 Å². The van der Waals surface area contributed by atoms with Gasteiger partial charge in [0.05, 0.1) is 7.11 Å². The van der Waals surface area contributed by atoms with E-state index in [9.17, 15) is 4.79 Å². The first-order chi connectivity index (χ1) is 10.1. The summed E-state index contributed by atoms with van der Waals surface area (Å²) in [5, 5.41) is 6.54. The number of nitrogens with one attached hydrogen (secondary N) is 2. The van der Waals surface area contributed by atoms with Gasteiger partial charge in [-0.3, -0.25) is 9.79 Å². The van der Waals surface area contributed by atoms with Crippen molar-refractivity contribution in [3.8, 4) is 0 Å². The van der Waals surface area contributed by atoms with Crippen molar-refractivity contribution in [3.05, 3.63) is 0 Å². The molecular formula is C16H33N3O2. The lowest BCUT2D eigenvalue weighted by atomic mass is 10.1. The molecule has 21 heavy (non-hydrogen) atoms. The maximum absolute atomic E-state index is 11.0. The Bertz CT molecular complexity index is 291. The first-order valence-electron chi connectivity index (χ1n) is 8.19. The predicted octanol–water partition coefficient (Wildman–Crippen LogP) is 2.71. The summed E-state index contributed by atoms with van der Waals surface area (Å²) in [5.74, 6) is 1.51. The van der Waals surface area contributed by atoms with Crippen molar-refractivity contribution in [1.82, 2.24) is 10.6 Å². The lowest BCUT2D eigenvalue weighted by Gasteiger charge is -2.11. The SMILES string of the molecule is CCNC(=NCCCCC(C)C)NCCCCC(=O)OC. The van der Waals surface area contributed by atoms with E-state index in [0.717, 1.165) is 50.8 Å². The average molecular weight is 299 g/mol. The van der Waals surface area contributed by atoms with Crippen LogP contribution in [0.25, 0.3) is 0 Å². The molecule has 0 bridgehead atoms. The third kappa shape index (κ3) is 13.5. The van der Waals surface area contributed by atoms with Crippen LogP contribution in [0.2, 0.25) is 0 Å². The zero-order valence-electron chi connectivity index (χ0n) is 14.2. The minimum Gasteiger partial charge on any atom is -0.469 e. The van der Waals surface area contributed by atoms with Crippen LogP contribution in [-0.4, -0.2) is 38.7 Å². The third-order valence-electron chi connectivity index (χ3n) is 3.13. The summed E-state index contributed by atoms with van der Waals surface area (Å²) < 4.78 is 4.61. The molecule has 0 rings (SSSR count). The van der Waals surface area contributed by atoms with Crippen molar-refractivity contribution >= 4 is 11.9 Å². The molecule has 0 saturated carbocycles. The highest BCUT2D eigenvalue weighted by atomic mass is 16.5. The van der Waals surface area contributed by atoms with Gasteiger partial charge in [0.25, 0.3) is 0 Å². The highest BCUT2D eigenvalue weighted by Crippen LogP contribution is 2.05. The van der Waals surface area contributed by atoms with Crippen molar-refractivity contribution < 1.29 is 9.53 Å². The Morgan fingerprint density at radius 3 is 2.52 bits per heavy atom. The average Bonchev–Trinajstić information content (AvgIpc) is 2.45. The Balaban J connectivity index is 3.77. The van der Waals surface area contributed by atoms with Gasteiger partial charge in [0, 0.05) is 26.1 Å². The molecule has 0 aromatic carbocycles. The second-order valence-electron chi connectivity index (χ2n) is 5.61. The van der Waals surface area contributed by atoms with E-state index in [2.05, 4.69) is 41.1 Å². The monoisotopic (exact) mass is 299 g/mol. The summed E-state index contributed by atoms with van der Waals surface area (Å²) in [6.45, 7) is 9.12. The Labute approximate surface area is 129 Å². The molecule has 0 unspecified atom stereocenters. The number of rotatable bonds is 11. The highest BCUT2D eigenvalue weighted by molar-refractivity contribution is 5.79. The van der Waals surface area contributed by atoms with E-state index in [1.807, 2.05) is 0 Å². The molecule has 0 aliphatic heterocycles. The van der Waals surface area contributed by atoms with Crippen LogP contribution in [0.4, 0.5) is 0 Å². The summed E-state index contributed by atoms with van der Waals surface area (Å²) in [6.07, 6.45) is 5.91. The Hall–Kier alpha value is -1.26. The molecule has 0 fully saturated rings. The summed E-state index contributed by atoms with van der Waals surface area (Å²) in [5.41, 5.74) is 0. The summed E-state index contributed by atoms with van der Waals surface area (Å²) in [4.78, 5) is 15.5. The van der Waals surface area contributed by atoms with Crippen LogP contribution in [-0.2, 0) is 9.53 Å². The quantitative estimate of drug-likeness (QED) is 0.266. The molecule has 2 N–H and O–H groups in total. The number of methoxy groups -OCH3 is 1. The Morgan fingerprint density at radius 1 is 1.14 bits per heavy atom. The number of ether oxygens (including phenoxy) is 1. The molecule has 0 aromatic rings. The molecular weight excluding hydrogens is 266 g/mol. The molecule has 124 valence electrons. The molecule has 0 spiro atoms. The van der Waals surface area contributed by atoms with E-state index in [-0.39, 0.29) is 5.97 Å². The molecule has 5 nitrogen and oxygen atoms in total. The normalized spacial score (nSPS) is 11.6. The smallest absolute Gasteiger partial charge is 0.305 e. The van der Waals surface area contributed by atoms with E-state index < -0.39 is 0 Å². The fourth-order valence-electron chi connectivity index (χ4n) is 1.90. The number of hydrogen-bond acceptors (Lipinski definition) is 3. The summed E-state index contributed by atoms with van der Waals surface area (Å²) >= 11 is 0. The second kappa shape index (κ2) is 13.7. The van der Waals surface area contributed by atoms with E-state index in [1.54, 1.807) is 0 Å². The van der Waals surface area contributed by atoms with Gasteiger partial charge < -0.3 is 15.4 Å². The molecule has 0 aliphatic carbocycles. The number of esters is 1. The van der Waals surface area contributed by atoms with Crippen LogP contribution in [0.5, 0.6) is 0 Å². The number of unbranched alkanes of at least 4 members (excludes halogenated alkanes) is 2. The van der Waals surface area contributed by atoms with E-state index in [1.165, 1.54) is 20.0 Å². The minimum absolute atomic E-state index is 0.138. The predicted molar refractivity (Wildman–Crippen MR) is 88.5 cm³/mol. The van der Waals surface area contributed by atoms with Gasteiger partial charge >= 0.3 is 5.97 Å². The lowest BCUT2D eigenvalue weighted by molar-refractivity contribution is -0.140. The van der Waals surface area contributed by atoms with Gasteiger partial charge in [0.15, 0.2) is 5.96 Å². The Kier molecular flexibility index (Phi) is 12.9. The largest absolute Gasteiger partial charge is 0.469 e. The van der Waals surface area contributed by atoms with Gasteiger partial charge in [-0.1, -0.05) is 26.7 Å². The van der Waals surface area contributed by atoms with Gasteiger partial charge in [-0.25, -0.2) is 0 Å². The van der Waals surface area contributed by atoms with Crippen molar-refractivity contribution in [1.29, 1.82) is 0 Å². The zero-order valence-corrected chi connectivity index (χ0v) is 14.2. The number of carbonyl (C=O) groups excluding carboxylic acids is 1. The molecule has 0 atom stereocenters. The van der Waals surface area contributed by atoms with Gasteiger partial charge in [-0.05, 0) is 32.1 Å². The van der Waals surface area contributed by atoms with Gasteiger partial charge in [-0.2, -0.15) is 0 Å². The molecule has 0 aromatic heterocycles. The fourth-order valence-corrected chi connectivity index (χ4v) is 1.90. The third-order valence-corrected chi connectivity index (χ3v) is 3.13. The maximum Gasteiger partial charge on any atom is 0.305 e. The molecule has 0 saturated heterocycles. The molecule has 0 amide bonds. The second-order valence-corrected chi connectivity index (χ2v) is 5.61. The summed E-state index contributed by atoms with van der Waals surface area (Å²) in [7, 11) is 1.43. The molecule has 0 heterocycles. The number of guanidine groups is 1. The van der Waals surface area contributed by atoms with E-state index >= 15 is 0 Å². The number of nitrogens with zero attached hydrogens (tertiary/aromatic N) is 1. The van der Waals surface area contributed by atoms with E-state index in [4.69, 9.17) is 0 Å². The first-order valence-corrected chi connectivity index (χ1v) is 8.19.